The summed E-state index contributed by atoms with van der Waals surface area (Å²) in [4.78, 5) is 15.3. The highest BCUT2D eigenvalue weighted by Crippen LogP contribution is 2.26. The number of aromatic nitrogens is 1. The molecule has 1 heterocycles. The van der Waals surface area contributed by atoms with E-state index in [1.165, 1.54) is 30.5 Å². The Kier molecular flexibility index (Phi) is 8.16. The minimum absolute atomic E-state index is 0.200. The summed E-state index contributed by atoms with van der Waals surface area (Å²) in [5, 5.41) is 0. The summed E-state index contributed by atoms with van der Waals surface area (Å²) < 4.78 is 8.56. The number of rotatable bonds is 9. The average molecular weight is 447 g/mol. The molecule has 1 aromatic heterocycles. The summed E-state index contributed by atoms with van der Waals surface area (Å²) >= 11 is 3.49. The van der Waals surface area contributed by atoms with Crippen LogP contribution in [0.2, 0.25) is 0 Å². The van der Waals surface area contributed by atoms with E-state index in [4.69, 9.17) is 4.74 Å². The van der Waals surface area contributed by atoms with E-state index in [-0.39, 0.29) is 5.92 Å². The van der Waals surface area contributed by atoms with Gasteiger partial charge in [-0.05, 0) is 49.1 Å². The van der Waals surface area contributed by atoms with Crippen LogP contribution in [0.15, 0.2) is 47.1 Å². The maximum Gasteiger partial charge on any atom is 0.226 e. The van der Waals surface area contributed by atoms with Gasteiger partial charge >= 0.3 is 0 Å². The van der Waals surface area contributed by atoms with Crippen LogP contribution in [0.4, 0.5) is 0 Å². The topological polar surface area (TPSA) is 34.5 Å². The highest BCUT2D eigenvalue weighted by molar-refractivity contribution is 9.10. The zero-order chi connectivity index (χ0) is 19.8. The molecule has 0 aliphatic heterocycles. The van der Waals surface area contributed by atoms with Crippen LogP contribution in [0, 0.1) is 5.92 Å². The van der Waals surface area contributed by atoms with Crippen LogP contribution >= 0.6 is 15.9 Å². The van der Waals surface area contributed by atoms with Gasteiger partial charge in [-0.2, -0.15) is 0 Å². The number of hydrogen-bond acceptors (Lipinski definition) is 2. The van der Waals surface area contributed by atoms with Gasteiger partial charge in [-0.1, -0.05) is 47.3 Å². The third-order valence-corrected chi connectivity index (χ3v) is 6.11. The summed E-state index contributed by atoms with van der Waals surface area (Å²) in [6.07, 6.45) is 8.70. The largest absolute Gasteiger partial charge is 0.385 e. The zero-order valence-corrected chi connectivity index (χ0v) is 18.4. The predicted octanol–water partition coefficient (Wildman–Crippen LogP) is 5.24. The molecule has 1 aliphatic carbocycles. The van der Waals surface area contributed by atoms with E-state index < -0.39 is 0 Å². The minimum Gasteiger partial charge on any atom is -0.385 e. The number of halogens is 1. The molecule has 1 saturated carbocycles. The highest BCUT2D eigenvalue weighted by atomic mass is 79.9. The quantitative estimate of drug-likeness (QED) is 0.493. The molecule has 0 radical (unpaired) electrons. The third kappa shape index (κ3) is 5.95. The van der Waals surface area contributed by atoms with E-state index in [1.807, 2.05) is 0 Å². The number of ether oxygens (including phenoxy) is 1. The van der Waals surface area contributed by atoms with Gasteiger partial charge in [0.05, 0.1) is 6.54 Å². The Morgan fingerprint density at radius 3 is 2.64 bits per heavy atom. The Balaban J connectivity index is 1.70. The first-order chi connectivity index (χ1) is 13.7. The number of carbonyl (C=O) groups is 1. The molecular formula is C23H31BrN2O2. The van der Waals surface area contributed by atoms with Crippen molar-refractivity contribution in [2.75, 3.05) is 20.3 Å². The van der Waals surface area contributed by atoms with E-state index in [1.54, 1.807) is 7.11 Å². The third-order valence-electron chi connectivity index (χ3n) is 5.59. The molecule has 0 spiro atoms. The SMILES string of the molecule is COCCCN(Cc1cccn1Cc1ccc(Br)cc1)C(=O)C1CCCCC1. The standard InChI is InChI=1S/C23H31BrN2O2/c1-28-16-6-15-26(23(27)20-7-3-2-4-8-20)18-22-9-5-14-25(22)17-19-10-12-21(24)13-11-19/h5,9-14,20H,2-4,6-8,15-18H2,1H3. The van der Waals surface area contributed by atoms with Crippen LogP contribution in [-0.4, -0.2) is 35.6 Å². The second-order valence-electron chi connectivity index (χ2n) is 7.69. The predicted molar refractivity (Wildman–Crippen MR) is 116 cm³/mol. The highest BCUT2D eigenvalue weighted by Gasteiger charge is 2.26. The second kappa shape index (κ2) is 10.8. The van der Waals surface area contributed by atoms with Gasteiger partial charge in [0.15, 0.2) is 0 Å². The number of amides is 1. The molecule has 0 N–H and O–H groups in total. The van der Waals surface area contributed by atoms with E-state index in [9.17, 15) is 4.79 Å². The van der Waals surface area contributed by atoms with Gasteiger partial charge in [0.2, 0.25) is 5.91 Å². The maximum absolute atomic E-state index is 13.2. The van der Waals surface area contributed by atoms with E-state index in [0.717, 1.165) is 36.8 Å². The van der Waals surface area contributed by atoms with Crippen LogP contribution in [-0.2, 0) is 22.6 Å². The number of hydrogen-bond donors (Lipinski definition) is 0. The first-order valence-corrected chi connectivity index (χ1v) is 11.1. The van der Waals surface area contributed by atoms with Crippen LogP contribution in [0.3, 0.4) is 0 Å². The molecule has 1 aromatic carbocycles. The summed E-state index contributed by atoms with van der Waals surface area (Å²) in [5.74, 6) is 0.526. The van der Waals surface area contributed by atoms with Gasteiger partial charge in [0.25, 0.3) is 0 Å². The van der Waals surface area contributed by atoms with Gasteiger partial charge in [0.1, 0.15) is 0 Å². The molecule has 0 saturated heterocycles. The summed E-state index contributed by atoms with van der Waals surface area (Å²) in [6.45, 7) is 2.93. The number of carbonyl (C=O) groups excluding carboxylic acids is 1. The number of nitrogens with zero attached hydrogens (tertiary/aromatic N) is 2. The van der Waals surface area contributed by atoms with Crippen molar-refractivity contribution in [1.82, 2.24) is 9.47 Å². The molecule has 2 aromatic rings. The molecule has 28 heavy (non-hydrogen) atoms. The van der Waals surface area contributed by atoms with Crippen molar-refractivity contribution in [2.45, 2.75) is 51.6 Å². The van der Waals surface area contributed by atoms with Crippen molar-refractivity contribution in [3.63, 3.8) is 0 Å². The fourth-order valence-electron chi connectivity index (χ4n) is 4.00. The average Bonchev–Trinajstić information content (AvgIpc) is 3.16. The molecule has 1 amide bonds. The van der Waals surface area contributed by atoms with Gasteiger partial charge < -0.3 is 14.2 Å². The molecule has 3 rings (SSSR count). The molecule has 1 fully saturated rings. The number of benzene rings is 1. The Morgan fingerprint density at radius 2 is 1.93 bits per heavy atom. The molecule has 0 atom stereocenters. The molecule has 4 nitrogen and oxygen atoms in total. The molecule has 5 heteroatoms. The smallest absolute Gasteiger partial charge is 0.226 e. The Bertz CT molecular complexity index is 735. The fourth-order valence-corrected chi connectivity index (χ4v) is 4.27. The lowest BCUT2D eigenvalue weighted by molar-refractivity contribution is -0.137. The molecule has 1 aliphatic rings. The summed E-state index contributed by atoms with van der Waals surface area (Å²) in [7, 11) is 1.72. The first-order valence-electron chi connectivity index (χ1n) is 10.3. The Morgan fingerprint density at radius 1 is 1.18 bits per heavy atom. The van der Waals surface area contributed by atoms with Crippen LogP contribution in [0.5, 0.6) is 0 Å². The van der Waals surface area contributed by atoms with Crippen molar-refractivity contribution in [2.24, 2.45) is 5.92 Å². The van der Waals surface area contributed by atoms with E-state index in [2.05, 4.69) is 68.0 Å². The van der Waals surface area contributed by atoms with E-state index >= 15 is 0 Å². The van der Waals surface area contributed by atoms with Gasteiger partial charge in [-0.15, -0.1) is 0 Å². The van der Waals surface area contributed by atoms with Crippen molar-refractivity contribution in [1.29, 1.82) is 0 Å². The lowest BCUT2D eigenvalue weighted by Crippen LogP contribution is -2.38. The monoisotopic (exact) mass is 446 g/mol. The van der Waals surface area contributed by atoms with Crippen molar-refractivity contribution < 1.29 is 9.53 Å². The minimum atomic E-state index is 0.200. The van der Waals surface area contributed by atoms with Crippen molar-refractivity contribution in [3.05, 3.63) is 58.3 Å². The van der Waals surface area contributed by atoms with Crippen LogP contribution < -0.4 is 0 Å². The second-order valence-corrected chi connectivity index (χ2v) is 8.61. The fraction of sp³-hybridized carbons (Fsp3) is 0.522. The summed E-state index contributed by atoms with van der Waals surface area (Å²) in [6, 6.07) is 12.6. The Labute approximate surface area is 177 Å². The summed E-state index contributed by atoms with van der Waals surface area (Å²) in [5.41, 5.74) is 2.44. The molecule has 0 unspecified atom stereocenters. The van der Waals surface area contributed by atoms with Crippen molar-refractivity contribution in [3.8, 4) is 0 Å². The zero-order valence-electron chi connectivity index (χ0n) is 16.8. The molecule has 152 valence electrons. The van der Waals surface area contributed by atoms with Crippen LogP contribution in [0.1, 0.15) is 49.8 Å². The van der Waals surface area contributed by atoms with Gasteiger partial charge in [-0.25, -0.2) is 0 Å². The van der Waals surface area contributed by atoms with Crippen molar-refractivity contribution >= 4 is 21.8 Å². The van der Waals surface area contributed by atoms with E-state index in [0.29, 0.717) is 19.1 Å². The Hall–Kier alpha value is -1.59. The van der Waals surface area contributed by atoms with Gasteiger partial charge in [0, 0.05) is 49.1 Å². The molecular weight excluding hydrogens is 416 g/mol. The number of methoxy groups -OCH3 is 1. The lowest BCUT2D eigenvalue weighted by Gasteiger charge is -2.30. The van der Waals surface area contributed by atoms with Crippen LogP contribution in [0.25, 0.3) is 0 Å². The first kappa shape index (κ1) is 21.1. The normalized spacial score (nSPS) is 14.9. The molecule has 0 bridgehead atoms. The van der Waals surface area contributed by atoms with Gasteiger partial charge in [-0.3, -0.25) is 4.79 Å². The lowest BCUT2D eigenvalue weighted by atomic mass is 9.88. The maximum atomic E-state index is 13.2.